The van der Waals surface area contributed by atoms with Gasteiger partial charge < -0.3 is 10.3 Å². The van der Waals surface area contributed by atoms with Crippen LogP contribution in [0.5, 0.6) is 0 Å². The Morgan fingerprint density at radius 3 is 2.68 bits per heavy atom. The molecule has 5 heteroatoms. The van der Waals surface area contributed by atoms with Crippen LogP contribution in [0.3, 0.4) is 0 Å². The second kappa shape index (κ2) is 4.28. The lowest BCUT2D eigenvalue weighted by Gasteiger charge is -2.04. The van der Waals surface area contributed by atoms with Gasteiger partial charge in [0.05, 0.1) is 5.56 Å². The van der Waals surface area contributed by atoms with Crippen molar-refractivity contribution in [2.75, 3.05) is 5.73 Å². The molecule has 0 radical (unpaired) electrons. The van der Waals surface area contributed by atoms with Gasteiger partial charge in [0.15, 0.2) is 0 Å². The summed E-state index contributed by atoms with van der Waals surface area (Å²) in [6, 6.07) is 9.88. The van der Waals surface area contributed by atoms with E-state index in [1.54, 1.807) is 4.68 Å². The Balaban J connectivity index is 2.22. The van der Waals surface area contributed by atoms with Gasteiger partial charge in [-0.05, 0) is 24.1 Å². The maximum Gasteiger partial charge on any atom is 0.230 e. The molecule has 2 N–H and O–H groups in total. The average Bonchev–Trinajstić information content (AvgIpc) is 2.96. The minimum atomic E-state index is 0.315. The summed E-state index contributed by atoms with van der Waals surface area (Å²) in [5, 5.41) is 8.39. The number of nitrogens with zero attached hydrogens (tertiary/aromatic N) is 3. The van der Waals surface area contributed by atoms with Crippen molar-refractivity contribution in [2.45, 2.75) is 6.92 Å². The van der Waals surface area contributed by atoms with Gasteiger partial charge in [-0.1, -0.05) is 29.4 Å². The number of aromatic nitrogens is 3. The van der Waals surface area contributed by atoms with E-state index < -0.39 is 0 Å². The maximum atomic E-state index is 5.92. The SMILES string of the molecule is Cc1ccccc1-c1c(-c2ccn(C)n2)noc1N. The second-order valence-electron chi connectivity index (χ2n) is 4.46. The molecule has 0 saturated heterocycles. The first kappa shape index (κ1) is 11.5. The molecule has 3 rings (SSSR count). The summed E-state index contributed by atoms with van der Waals surface area (Å²) in [6.07, 6.45) is 1.86. The van der Waals surface area contributed by atoms with Gasteiger partial charge in [-0.15, -0.1) is 0 Å². The molecule has 0 amide bonds. The zero-order valence-electron chi connectivity index (χ0n) is 10.8. The third-order valence-corrected chi connectivity index (χ3v) is 3.09. The largest absolute Gasteiger partial charge is 0.367 e. The molecule has 96 valence electrons. The summed E-state index contributed by atoms with van der Waals surface area (Å²) in [5.41, 5.74) is 10.3. The topological polar surface area (TPSA) is 69.9 Å². The van der Waals surface area contributed by atoms with Crippen LogP contribution in [0.2, 0.25) is 0 Å². The monoisotopic (exact) mass is 254 g/mol. The molecule has 0 bridgehead atoms. The number of nitrogen functional groups attached to an aromatic ring is 1. The van der Waals surface area contributed by atoms with Crippen LogP contribution in [0.25, 0.3) is 22.5 Å². The van der Waals surface area contributed by atoms with E-state index in [2.05, 4.69) is 10.3 Å². The number of hydrogen-bond acceptors (Lipinski definition) is 4. The third-order valence-electron chi connectivity index (χ3n) is 3.09. The molecule has 2 heterocycles. The van der Waals surface area contributed by atoms with Crippen molar-refractivity contribution in [1.29, 1.82) is 0 Å². The minimum Gasteiger partial charge on any atom is -0.367 e. The van der Waals surface area contributed by atoms with Gasteiger partial charge in [-0.25, -0.2) is 0 Å². The highest BCUT2D eigenvalue weighted by atomic mass is 16.5. The van der Waals surface area contributed by atoms with E-state index in [1.807, 2.05) is 50.5 Å². The Hall–Kier alpha value is -2.56. The molecule has 5 nitrogen and oxygen atoms in total. The number of benzene rings is 1. The normalized spacial score (nSPS) is 10.8. The smallest absolute Gasteiger partial charge is 0.230 e. The first-order valence-corrected chi connectivity index (χ1v) is 5.98. The van der Waals surface area contributed by atoms with E-state index in [9.17, 15) is 0 Å². The quantitative estimate of drug-likeness (QED) is 0.763. The molecular formula is C14H14N4O. The Morgan fingerprint density at radius 2 is 2.00 bits per heavy atom. The standard InChI is InChI=1S/C14H14N4O/c1-9-5-3-4-6-10(9)12-13(17-19-14(12)15)11-7-8-18(2)16-11/h3-8H,15H2,1-2H3. The van der Waals surface area contributed by atoms with E-state index in [0.717, 1.165) is 22.4 Å². The van der Waals surface area contributed by atoms with Crippen LogP contribution >= 0.6 is 0 Å². The van der Waals surface area contributed by atoms with Crippen LogP contribution in [0.1, 0.15) is 5.56 Å². The molecule has 3 aromatic rings. The highest BCUT2D eigenvalue weighted by Gasteiger charge is 2.20. The van der Waals surface area contributed by atoms with Crippen molar-refractivity contribution in [3.8, 4) is 22.5 Å². The van der Waals surface area contributed by atoms with Gasteiger partial charge in [0, 0.05) is 13.2 Å². The summed E-state index contributed by atoms with van der Waals surface area (Å²) in [6.45, 7) is 2.03. The van der Waals surface area contributed by atoms with Crippen molar-refractivity contribution in [1.82, 2.24) is 14.9 Å². The predicted molar refractivity (Wildman–Crippen MR) is 73.3 cm³/mol. The van der Waals surface area contributed by atoms with Crippen molar-refractivity contribution < 1.29 is 4.52 Å². The Labute approximate surface area is 110 Å². The van der Waals surface area contributed by atoms with Gasteiger partial charge in [0.25, 0.3) is 0 Å². The van der Waals surface area contributed by atoms with E-state index in [1.165, 1.54) is 0 Å². The molecule has 0 fully saturated rings. The van der Waals surface area contributed by atoms with Crippen LogP contribution in [-0.4, -0.2) is 14.9 Å². The van der Waals surface area contributed by atoms with E-state index in [0.29, 0.717) is 11.6 Å². The highest BCUT2D eigenvalue weighted by Crippen LogP contribution is 2.36. The first-order chi connectivity index (χ1) is 9.16. The fourth-order valence-corrected chi connectivity index (χ4v) is 2.13. The van der Waals surface area contributed by atoms with Gasteiger partial charge in [0.1, 0.15) is 11.4 Å². The summed E-state index contributed by atoms with van der Waals surface area (Å²) in [7, 11) is 1.86. The van der Waals surface area contributed by atoms with Crippen LogP contribution in [0, 0.1) is 6.92 Å². The zero-order valence-corrected chi connectivity index (χ0v) is 10.8. The number of aryl methyl sites for hydroxylation is 2. The zero-order chi connectivity index (χ0) is 13.4. The van der Waals surface area contributed by atoms with Crippen molar-refractivity contribution in [3.05, 3.63) is 42.1 Å². The van der Waals surface area contributed by atoms with Gasteiger partial charge in [-0.3, -0.25) is 4.68 Å². The molecule has 0 saturated carbocycles. The molecule has 1 aromatic carbocycles. The third kappa shape index (κ3) is 1.89. The summed E-state index contributed by atoms with van der Waals surface area (Å²) >= 11 is 0. The first-order valence-electron chi connectivity index (χ1n) is 5.98. The lowest BCUT2D eigenvalue weighted by molar-refractivity contribution is 0.439. The van der Waals surface area contributed by atoms with Gasteiger partial charge >= 0.3 is 0 Å². The molecular weight excluding hydrogens is 240 g/mol. The van der Waals surface area contributed by atoms with Gasteiger partial charge in [-0.2, -0.15) is 5.10 Å². The molecule has 0 spiro atoms. The lowest BCUT2D eigenvalue weighted by atomic mass is 9.99. The predicted octanol–water partition coefficient (Wildman–Crippen LogP) is 2.63. The van der Waals surface area contributed by atoms with E-state index in [4.69, 9.17) is 10.3 Å². The van der Waals surface area contributed by atoms with Crippen molar-refractivity contribution >= 4 is 5.88 Å². The lowest BCUT2D eigenvalue weighted by Crippen LogP contribution is -1.92. The Morgan fingerprint density at radius 1 is 1.21 bits per heavy atom. The van der Waals surface area contributed by atoms with Crippen LogP contribution in [0.15, 0.2) is 41.1 Å². The molecule has 0 aliphatic carbocycles. The van der Waals surface area contributed by atoms with Crippen LogP contribution < -0.4 is 5.73 Å². The molecule has 0 unspecified atom stereocenters. The van der Waals surface area contributed by atoms with Gasteiger partial charge in [0.2, 0.25) is 5.88 Å². The van der Waals surface area contributed by atoms with E-state index in [-0.39, 0.29) is 0 Å². The number of anilines is 1. The number of hydrogen-bond donors (Lipinski definition) is 1. The molecule has 19 heavy (non-hydrogen) atoms. The Bertz CT molecular complexity index is 727. The maximum absolute atomic E-state index is 5.92. The summed E-state index contributed by atoms with van der Waals surface area (Å²) < 4.78 is 6.87. The van der Waals surface area contributed by atoms with Crippen molar-refractivity contribution in [3.63, 3.8) is 0 Å². The number of rotatable bonds is 2. The highest BCUT2D eigenvalue weighted by molar-refractivity contribution is 5.86. The molecule has 2 aromatic heterocycles. The fourth-order valence-electron chi connectivity index (χ4n) is 2.13. The summed E-state index contributed by atoms with van der Waals surface area (Å²) in [4.78, 5) is 0. The molecule has 0 aliphatic rings. The molecule has 0 aliphatic heterocycles. The van der Waals surface area contributed by atoms with E-state index >= 15 is 0 Å². The number of nitrogens with two attached hydrogens (primary N) is 1. The Kier molecular flexibility index (Phi) is 2.59. The fraction of sp³-hybridized carbons (Fsp3) is 0.143. The average molecular weight is 254 g/mol. The van der Waals surface area contributed by atoms with Crippen LogP contribution in [0.4, 0.5) is 5.88 Å². The second-order valence-corrected chi connectivity index (χ2v) is 4.46. The molecule has 0 atom stereocenters. The minimum absolute atomic E-state index is 0.315. The summed E-state index contributed by atoms with van der Waals surface area (Å²) in [5.74, 6) is 0.315. The van der Waals surface area contributed by atoms with Crippen LogP contribution in [-0.2, 0) is 7.05 Å². The van der Waals surface area contributed by atoms with Crippen molar-refractivity contribution in [2.24, 2.45) is 7.05 Å².